The van der Waals surface area contributed by atoms with Crippen molar-refractivity contribution in [1.29, 1.82) is 0 Å². The van der Waals surface area contributed by atoms with Crippen LogP contribution in [0.25, 0.3) is 10.2 Å². The number of carbonyl (C=O) groups is 1. The monoisotopic (exact) mass is 386 g/mol. The third-order valence-electron chi connectivity index (χ3n) is 4.40. The van der Waals surface area contributed by atoms with Crippen molar-refractivity contribution in [2.24, 2.45) is 5.92 Å². The molecular formula is C16H23ClN4OS2. The van der Waals surface area contributed by atoms with Gasteiger partial charge in [-0.15, -0.1) is 23.7 Å². The number of thiophene rings is 1. The Kier molecular flexibility index (Phi) is 6.86. The topological polar surface area (TPSA) is 66.9 Å². The van der Waals surface area contributed by atoms with Gasteiger partial charge in [0.25, 0.3) is 0 Å². The van der Waals surface area contributed by atoms with E-state index in [9.17, 15) is 4.79 Å². The van der Waals surface area contributed by atoms with Crippen molar-refractivity contribution in [3.63, 3.8) is 0 Å². The van der Waals surface area contributed by atoms with Crippen LogP contribution in [0.5, 0.6) is 0 Å². The summed E-state index contributed by atoms with van der Waals surface area (Å²) in [6, 6.07) is 0.278. The number of nitrogens with zero attached hydrogens (tertiary/aromatic N) is 2. The van der Waals surface area contributed by atoms with E-state index in [2.05, 4.69) is 41.4 Å². The molecule has 2 aromatic rings. The van der Waals surface area contributed by atoms with Crippen molar-refractivity contribution < 1.29 is 4.79 Å². The van der Waals surface area contributed by atoms with Gasteiger partial charge in [0.15, 0.2) is 0 Å². The average molecular weight is 387 g/mol. The van der Waals surface area contributed by atoms with Crippen molar-refractivity contribution in [2.45, 2.75) is 38.3 Å². The molecule has 0 aromatic carbocycles. The van der Waals surface area contributed by atoms with E-state index in [1.807, 2.05) is 0 Å². The molecule has 1 aliphatic rings. The lowest BCUT2D eigenvalue weighted by atomic mass is 9.95. The zero-order chi connectivity index (χ0) is 16.4. The highest BCUT2D eigenvalue weighted by Gasteiger charge is 2.22. The highest BCUT2D eigenvalue weighted by Crippen LogP contribution is 2.34. The van der Waals surface area contributed by atoms with E-state index >= 15 is 0 Å². The van der Waals surface area contributed by atoms with Crippen LogP contribution in [-0.2, 0) is 4.79 Å². The normalized spacial score (nSPS) is 20.6. The fourth-order valence-corrected chi connectivity index (χ4v) is 4.80. The molecule has 1 fully saturated rings. The number of hydrogen-bond donors (Lipinski definition) is 2. The molecule has 5 nitrogen and oxygen atoms in total. The molecule has 0 bridgehead atoms. The number of amides is 1. The van der Waals surface area contributed by atoms with Crippen molar-refractivity contribution in [2.75, 3.05) is 18.8 Å². The van der Waals surface area contributed by atoms with Gasteiger partial charge in [-0.3, -0.25) is 4.79 Å². The molecule has 0 aliphatic carbocycles. The molecular weight excluding hydrogens is 364 g/mol. The van der Waals surface area contributed by atoms with Crippen molar-refractivity contribution in [3.8, 4) is 0 Å². The molecule has 1 aliphatic heterocycles. The number of thioether (sulfide) groups is 1. The molecule has 0 radical (unpaired) electrons. The van der Waals surface area contributed by atoms with Crippen LogP contribution in [0, 0.1) is 19.8 Å². The Morgan fingerprint density at radius 1 is 1.46 bits per heavy atom. The van der Waals surface area contributed by atoms with Gasteiger partial charge in [0.1, 0.15) is 16.2 Å². The Bertz CT molecular complexity index is 721. The summed E-state index contributed by atoms with van der Waals surface area (Å²) in [6.07, 6.45) is 2.59. The predicted octanol–water partition coefficient (Wildman–Crippen LogP) is 2.94. The number of hydrogen-bond acceptors (Lipinski definition) is 6. The van der Waals surface area contributed by atoms with Gasteiger partial charge in [0, 0.05) is 16.3 Å². The minimum absolute atomic E-state index is 0. The van der Waals surface area contributed by atoms with E-state index in [-0.39, 0.29) is 24.4 Å². The summed E-state index contributed by atoms with van der Waals surface area (Å²) in [5.74, 6) is 0.965. The SMILES string of the molecule is Cc1sc2ncnc(SCC(=O)NC3CCNCC3C)c2c1C.Cl. The van der Waals surface area contributed by atoms with Crippen LogP contribution in [0.4, 0.5) is 0 Å². The molecule has 1 amide bonds. The van der Waals surface area contributed by atoms with Crippen LogP contribution >= 0.6 is 35.5 Å². The van der Waals surface area contributed by atoms with Gasteiger partial charge < -0.3 is 10.6 Å². The maximum Gasteiger partial charge on any atom is 0.230 e. The minimum atomic E-state index is 0. The highest BCUT2D eigenvalue weighted by atomic mass is 35.5. The fourth-order valence-electron chi connectivity index (χ4n) is 2.87. The summed E-state index contributed by atoms with van der Waals surface area (Å²) in [7, 11) is 0. The van der Waals surface area contributed by atoms with Gasteiger partial charge >= 0.3 is 0 Å². The number of rotatable bonds is 4. The molecule has 24 heavy (non-hydrogen) atoms. The molecule has 0 spiro atoms. The molecule has 2 atom stereocenters. The van der Waals surface area contributed by atoms with Gasteiger partial charge in [-0.05, 0) is 44.8 Å². The Morgan fingerprint density at radius 2 is 2.25 bits per heavy atom. The third-order valence-corrected chi connectivity index (χ3v) is 6.51. The van der Waals surface area contributed by atoms with E-state index in [4.69, 9.17) is 0 Å². The second kappa shape index (κ2) is 8.47. The van der Waals surface area contributed by atoms with Gasteiger partial charge in [-0.1, -0.05) is 18.7 Å². The first-order valence-electron chi connectivity index (χ1n) is 7.90. The Labute approximate surface area is 156 Å². The van der Waals surface area contributed by atoms with Crippen LogP contribution in [0.3, 0.4) is 0 Å². The standard InChI is InChI=1S/C16H22N4OS2.ClH/c1-9-6-17-5-4-12(9)20-13(21)7-22-15-14-10(2)11(3)23-16(14)19-8-18-15;/h8-9,12,17H,4-7H2,1-3H3,(H,20,21);1H. The molecule has 8 heteroatoms. The lowest BCUT2D eigenvalue weighted by molar-refractivity contribution is -0.119. The van der Waals surface area contributed by atoms with Crippen LogP contribution in [0.1, 0.15) is 23.8 Å². The van der Waals surface area contributed by atoms with Gasteiger partial charge in [0.05, 0.1) is 5.75 Å². The van der Waals surface area contributed by atoms with Crippen molar-refractivity contribution in [1.82, 2.24) is 20.6 Å². The maximum absolute atomic E-state index is 12.3. The predicted molar refractivity (Wildman–Crippen MR) is 103 cm³/mol. The largest absolute Gasteiger partial charge is 0.352 e. The number of aromatic nitrogens is 2. The number of carbonyl (C=O) groups excluding carboxylic acids is 1. The van der Waals surface area contributed by atoms with Crippen LogP contribution in [0.15, 0.2) is 11.4 Å². The molecule has 1 saturated heterocycles. The Morgan fingerprint density at radius 3 is 3.00 bits per heavy atom. The lowest BCUT2D eigenvalue weighted by Gasteiger charge is -2.30. The van der Waals surface area contributed by atoms with Gasteiger partial charge in [0.2, 0.25) is 5.91 Å². The van der Waals surface area contributed by atoms with Gasteiger partial charge in [-0.25, -0.2) is 9.97 Å². The molecule has 3 rings (SSSR count). The van der Waals surface area contributed by atoms with Crippen LogP contribution in [-0.4, -0.2) is 40.8 Å². The smallest absolute Gasteiger partial charge is 0.230 e. The quantitative estimate of drug-likeness (QED) is 0.624. The van der Waals surface area contributed by atoms with Gasteiger partial charge in [-0.2, -0.15) is 0 Å². The summed E-state index contributed by atoms with van der Waals surface area (Å²) >= 11 is 3.19. The van der Waals surface area contributed by atoms with E-state index < -0.39 is 0 Å². The zero-order valence-corrected chi connectivity index (χ0v) is 16.5. The molecule has 2 aromatic heterocycles. The number of fused-ring (bicyclic) bond motifs is 1. The van der Waals surface area contributed by atoms with Crippen LogP contribution < -0.4 is 10.6 Å². The second-order valence-corrected chi connectivity index (χ2v) is 8.24. The third kappa shape index (κ3) is 4.20. The molecule has 2 N–H and O–H groups in total. The highest BCUT2D eigenvalue weighted by molar-refractivity contribution is 8.00. The number of piperidine rings is 1. The first kappa shape index (κ1) is 19.4. The Hall–Kier alpha value is -0.890. The molecule has 0 saturated carbocycles. The average Bonchev–Trinajstić information content (AvgIpc) is 2.83. The number of nitrogens with one attached hydrogen (secondary N) is 2. The summed E-state index contributed by atoms with van der Waals surface area (Å²) in [6.45, 7) is 8.32. The molecule has 3 heterocycles. The summed E-state index contributed by atoms with van der Waals surface area (Å²) in [4.78, 5) is 23.3. The Balaban J connectivity index is 0.00000208. The first-order valence-corrected chi connectivity index (χ1v) is 9.70. The first-order chi connectivity index (χ1) is 11.1. The van der Waals surface area contributed by atoms with Crippen LogP contribution in [0.2, 0.25) is 0 Å². The second-order valence-electron chi connectivity index (χ2n) is 6.07. The number of halogens is 1. The fraction of sp³-hybridized carbons (Fsp3) is 0.562. The van der Waals surface area contributed by atoms with Crippen molar-refractivity contribution in [3.05, 3.63) is 16.8 Å². The molecule has 132 valence electrons. The van der Waals surface area contributed by atoms with E-state index in [1.54, 1.807) is 17.7 Å². The van der Waals surface area contributed by atoms with E-state index in [0.29, 0.717) is 11.7 Å². The summed E-state index contributed by atoms with van der Waals surface area (Å²) < 4.78 is 0. The maximum atomic E-state index is 12.3. The van der Waals surface area contributed by atoms with E-state index in [0.717, 1.165) is 34.8 Å². The summed E-state index contributed by atoms with van der Waals surface area (Å²) in [5.41, 5.74) is 1.22. The zero-order valence-electron chi connectivity index (χ0n) is 14.1. The molecule has 2 unspecified atom stereocenters. The van der Waals surface area contributed by atoms with E-state index in [1.165, 1.54) is 22.2 Å². The lowest BCUT2D eigenvalue weighted by Crippen LogP contribution is -2.48. The minimum Gasteiger partial charge on any atom is -0.352 e. The number of aryl methyl sites for hydroxylation is 2. The van der Waals surface area contributed by atoms with Crippen molar-refractivity contribution >= 4 is 51.6 Å². The summed E-state index contributed by atoms with van der Waals surface area (Å²) in [5, 5.41) is 8.53.